The molecule has 1 amide bonds. The number of likely N-dealkylation sites (tertiary alicyclic amines) is 1. The van der Waals surface area contributed by atoms with Crippen LogP contribution in [0.4, 0.5) is 4.79 Å². The highest BCUT2D eigenvalue weighted by Crippen LogP contribution is 2.24. The van der Waals surface area contributed by atoms with Gasteiger partial charge in [-0.15, -0.1) is 0 Å². The summed E-state index contributed by atoms with van der Waals surface area (Å²) in [6.45, 7) is 8.00. The summed E-state index contributed by atoms with van der Waals surface area (Å²) in [7, 11) is 0. The monoisotopic (exact) mass is 258 g/mol. The Balaban J connectivity index is 2.65. The zero-order chi connectivity index (χ0) is 13.9. The molecule has 2 unspecified atom stereocenters. The molecule has 0 N–H and O–H groups in total. The SMILES string of the molecule is CCC1CCN(C(=O)OC(C)(C)C)CC1[N+](=O)[O-]. The summed E-state index contributed by atoms with van der Waals surface area (Å²) in [6, 6.07) is -0.670. The average Bonchev–Trinajstić information content (AvgIpc) is 2.25. The molecule has 0 bridgehead atoms. The number of carbonyl (C=O) groups excluding carboxylic acids is 1. The van der Waals surface area contributed by atoms with E-state index in [9.17, 15) is 14.9 Å². The van der Waals surface area contributed by atoms with E-state index in [1.54, 1.807) is 20.8 Å². The van der Waals surface area contributed by atoms with Crippen molar-refractivity contribution in [3.05, 3.63) is 10.1 Å². The third kappa shape index (κ3) is 3.85. The molecular weight excluding hydrogens is 236 g/mol. The van der Waals surface area contributed by atoms with Gasteiger partial charge in [-0.3, -0.25) is 10.1 Å². The summed E-state index contributed by atoms with van der Waals surface area (Å²) >= 11 is 0. The second-order valence-electron chi connectivity index (χ2n) is 5.74. The summed E-state index contributed by atoms with van der Waals surface area (Å²) in [5, 5.41) is 11.0. The molecule has 0 spiro atoms. The van der Waals surface area contributed by atoms with E-state index in [1.807, 2.05) is 6.92 Å². The molecule has 1 aliphatic rings. The van der Waals surface area contributed by atoms with Crippen molar-refractivity contribution in [2.24, 2.45) is 5.92 Å². The highest BCUT2D eigenvalue weighted by molar-refractivity contribution is 5.68. The molecule has 6 heteroatoms. The van der Waals surface area contributed by atoms with Gasteiger partial charge in [0.2, 0.25) is 6.04 Å². The minimum atomic E-state index is -0.670. The fourth-order valence-electron chi connectivity index (χ4n) is 2.19. The van der Waals surface area contributed by atoms with E-state index in [0.29, 0.717) is 13.0 Å². The number of ether oxygens (including phenoxy) is 1. The molecule has 2 atom stereocenters. The van der Waals surface area contributed by atoms with Crippen molar-refractivity contribution in [1.82, 2.24) is 4.90 Å². The standard InChI is InChI=1S/C12H22N2O4/c1-5-9-6-7-13(8-10(9)14(16)17)11(15)18-12(2,3)4/h9-10H,5-8H2,1-4H3. The fraction of sp³-hybridized carbons (Fsp3) is 0.917. The number of rotatable bonds is 2. The Morgan fingerprint density at radius 2 is 2.11 bits per heavy atom. The van der Waals surface area contributed by atoms with Gasteiger partial charge >= 0.3 is 6.09 Å². The summed E-state index contributed by atoms with van der Waals surface area (Å²) < 4.78 is 5.24. The molecular formula is C12H22N2O4. The van der Waals surface area contributed by atoms with Crippen LogP contribution in [0.25, 0.3) is 0 Å². The van der Waals surface area contributed by atoms with Gasteiger partial charge in [0.05, 0.1) is 6.54 Å². The summed E-state index contributed by atoms with van der Waals surface area (Å²) in [5.41, 5.74) is -0.567. The lowest BCUT2D eigenvalue weighted by molar-refractivity contribution is -0.535. The molecule has 1 saturated heterocycles. The predicted octanol–water partition coefficient (Wildman–Crippen LogP) is 2.30. The molecule has 18 heavy (non-hydrogen) atoms. The van der Waals surface area contributed by atoms with Crippen molar-refractivity contribution in [3.63, 3.8) is 0 Å². The Morgan fingerprint density at radius 3 is 2.56 bits per heavy atom. The summed E-state index contributed by atoms with van der Waals surface area (Å²) in [4.78, 5) is 24.0. The maximum absolute atomic E-state index is 11.9. The first-order valence-corrected chi connectivity index (χ1v) is 6.36. The number of nitro groups is 1. The minimum absolute atomic E-state index is 0.0543. The van der Waals surface area contributed by atoms with Gasteiger partial charge in [0.1, 0.15) is 5.60 Å². The van der Waals surface area contributed by atoms with Gasteiger partial charge in [0.15, 0.2) is 0 Å². The molecule has 1 rings (SSSR count). The lowest BCUT2D eigenvalue weighted by Gasteiger charge is -2.34. The van der Waals surface area contributed by atoms with Crippen LogP contribution >= 0.6 is 0 Å². The van der Waals surface area contributed by atoms with Crippen LogP contribution in [0.5, 0.6) is 0 Å². The van der Waals surface area contributed by atoms with E-state index in [1.165, 1.54) is 4.90 Å². The van der Waals surface area contributed by atoms with Crippen LogP contribution < -0.4 is 0 Å². The molecule has 0 radical (unpaired) electrons. The van der Waals surface area contributed by atoms with Crippen LogP contribution in [-0.2, 0) is 4.74 Å². The topological polar surface area (TPSA) is 72.7 Å². The molecule has 6 nitrogen and oxygen atoms in total. The first-order chi connectivity index (χ1) is 8.24. The van der Waals surface area contributed by atoms with Crippen molar-refractivity contribution in [2.45, 2.75) is 52.2 Å². The molecule has 0 aromatic rings. The fourth-order valence-corrected chi connectivity index (χ4v) is 2.19. The van der Waals surface area contributed by atoms with Gasteiger partial charge in [0, 0.05) is 17.4 Å². The second-order valence-corrected chi connectivity index (χ2v) is 5.74. The third-order valence-corrected chi connectivity index (χ3v) is 3.17. The Kier molecular flexibility index (Phi) is 4.53. The maximum Gasteiger partial charge on any atom is 0.410 e. The number of amides is 1. The van der Waals surface area contributed by atoms with Crippen LogP contribution in [0, 0.1) is 16.0 Å². The van der Waals surface area contributed by atoms with Gasteiger partial charge in [-0.2, -0.15) is 0 Å². The Bertz CT molecular complexity index is 325. The van der Waals surface area contributed by atoms with Crippen molar-refractivity contribution >= 4 is 6.09 Å². The van der Waals surface area contributed by atoms with Gasteiger partial charge < -0.3 is 9.64 Å². The smallest absolute Gasteiger partial charge is 0.410 e. The Labute approximate surface area is 107 Å². The predicted molar refractivity (Wildman–Crippen MR) is 67.0 cm³/mol. The van der Waals surface area contributed by atoms with Gasteiger partial charge in [-0.05, 0) is 33.6 Å². The van der Waals surface area contributed by atoms with Crippen molar-refractivity contribution < 1.29 is 14.5 Å². The molecule has 1 aliphatic heterocycles. The number of carbonyl (C=O) groups is 1. The molecule has 1 fully saturated rings. The molecule has 0 aromatic carbocycles. The first-order valence-electron chi connectivity index (χ1n) is 6.36. The van der Waals surface area contributed by atoms with Crippen LogP contribution in [0.3, 0.4) is 0 Å². The van der Waals surface area contributed by atoms with Crippen LogP contribution in [-0.4, -0.2) is 40.6 Å². The lowest BCUT2D eigenvalue weighted by atomic mass is 9.90. The lowest BCUT2D eigenvalue weighted by Crippen LogP contribution is -2.50. The highest BCUT2D eigenvalue weighted by atomic mass is 16.6. The average molecular weight is 258 g/mol. The van der Waals surface area contributed by atoms with Crippen LogP contribution in [0.2, 0.25) is 0 Å². The highest BCUT2D eigenvalue weighted by Gasteiger charge is 2.39. The minimum Gasteiger partial charge on any atom is -0.444 e. The Hall–Kier alpha value is -1.33. The quantitative estimate of drug-likeness (QED) is 0.562. The summed E-state index contributed by atoms with van der Waals surface area (Å²) in [6.07, 6.45) is 0.985. The van der Waals surface area contributed by atoms with Crippen LogP contribution in [0.15, 0.2) is 0 Å². The second kappa shape index (κ2) is 5.54. The van der Waals surface area contributed by atoms with E-state index in [-0.39, 0.29) is 17.4 Å². The number of nitrogens with zero attached hydrogens (tertiary/aromatic N) is 2. The van der Waals surface area contributed by atoms with E-state index < -0.39 is 17.7 Å². The molecule has 104 valence electrons. The van der Waals surface area contributed by atoms with E-state index in [2.05, 4.69) is 0 Å². The van der Waals surface area contributed by atoms with E-state index >= 15 is 0 Å². The maximum atomic E-state index is 11.9. The molecule has 1 heterocycles. The first kappa shape index (κ1) is 14.7. The molecule has 0 aliphatic carbocycles. The number of hydrogen-bond acceptors (Lipinski definition) is 4. The molecule has 0 aromatic heterocycles. The largest absolute Gasteiger partial charge is 0.444 e. The Morgan fingerprint density at radius 1 is 1.50 bits per heavy atom. The van der Waals surface area contributed by atoms with Crippen molar-refractivity contribution in [1.29, 1.82) is 0 Å². The van der Waals surface area contributed by atoms with Crippen LogP contribution in [0.1, 0.15) is 40.5 Å². The summed E-state index contributed by atoms with van der Waals surface area (Å²) in [5.74, 6) is 0.0543. The van der Waals surface area contributed by atoms with E-state index in [4.69, 9.17) is 4.74 Å². The number of hydrogen-bond donors (Lipinski definition) is 0. The van der Waals surface area contributed by atoms with Crippen molar-refractivity contribution in [2.75, 3.05) is 13.1 Å². The normalized spacial score (nSPS) is 24.8. The van der Waals surface area contributed by atoms with Gasteiger partial charge in [-0.1, -0.05) is 6.92 Å². The zero-order valence-corrected chi connectivity index (χ0v) is 11.5. The number of piperidine rings is 1. The molecule has 0 saturated carbocycles. The van der Waals surface area contributed by atoms with Gasteiger partial charge in [-0.25, -0.2) is 4.79 Å². The third-order valence-electron chi connectivity index (χ3n) is 3.17. The van der Waals surface area contributed by atoms with E-state index in [0.717, 1.165) is 6.42 Å². The zero-order valence-electron chi connectivity index (χ0n) is 11.5. The van der Waals surface area contributed by atoms with Crippen molar-refractivity contribution in [3.8, 4) is 0 Å². The van der Waals surface area contributed by atoms with Gasteiger partial charge in [0.25, 0.3) is 0 Å².